The van der Waals surface area contributed by atoms with Gasteiger partial charge in [-0.3, -0.25) is 9.59 Å². The molecule has 0 radical (unpaired) electrons. The van der Waals surface area contributed by atoms with E-state index in [0.29, 0.717) is 39.1 Å². The predicted octanol–water partition coefficient (Wildman–Crippen LogP) is 0.0687. The van der Waals surface area contributed by atoms with Crippen molar-refractivity contribution in [2.24, 2.45) is 11.1 Å². The molecule has 0 aromatic carbocycles. The first-order valence-electron chi connectivity index (χ1n) is 7.24. The Morgan fingerprint density at radius 2 is 1.85 bits per heavy atom. The van der Waals surface area contributed by atoms with Crippen molar-refractivity contribution in [3.05, 3.63) is 0 Å². The molecule has 1 saturated heterocycles. The maximum Gasteiger partial charge on any atom is 0.241 e. The van der Waals surface area contributed by atoms with Crippen molar-refractivity contribution >= 4 is 11.8 Å². The van der Waals surface area contributed by atoms with Crippen LogP contribution in [0.4, 0.5) is 0 Å². The van der Waals surface area contributed by atoms with Crippen LogP contribution in [0.25, 0.3) is 0 Å². The summed E-state index contributed by atoms with van der Waals surface area (Å²) in [7, 11) is 3.40. The summed E-state index contributed by atoms with van der Waals surface area (Å²) in [5.74, 6) is -0.0635. The Morgan fingerprint density at radius 1 is 1.25 bits per heavy atom. The molecule has 2 N–H and O–H groups in total. The monoisotopic (exact) mass is 285 g/mol. The van der Waals surface area contributed by atoms with E-state index in [2.05, 4.69) is 0 Å². The lowest BCUT2D eigenvalue weighted by Crippen LogP contribution is -2.53. The Hall–Kier alpha value is -1.14. The van der Waals surface area contributed by atoms with E-state index < -0.39 is 5.41 Å². The Labute approximate surface area is 121 Å². The van der Waals surface area contributed by atoms with Gasteiger partial charge in [-0.1, -0.05) is 6.92 Å². The molecule has 0 aromatic heterocycles. The summed E-state index contributed by atoms with van der Waals surface area (Å²) in [5, 5.41) is 0. The van der Waals surface area contributed by atoms with Gasteiger partial charge in [-0.15, -0.1) is 0 Å². The summed E-state index contributed by atoms with van der Waals surface area (Å²) >= 11 is 0. The maximum absolute atomic E-state index is 12.8. The summed E-state index contributed by atoms with van der Waals surface area (Å²) in [6, 6.07) is 0. The van der Waals surface area contributed by atoms with Crippen LogP contribution in [0.5, 0.6) is 0 Å². The van der Waals surface area contributed by atoms with E-state index in [1.807, 2.05) is 6.92 Å². The van der Waals surface area contributed by atoms with Gasteiger partial charge in [0.15, 0.2) is 0 Å². The molecule has 2 amide bonds. The van der Waals surface area contributed by atoms with E-state index in [1.54, 1.807) is 19.0 Å². The van der Waals surface area contributed by atoms with Crippen molar-refractivity contribution in [1.82, 2.24) is 9.80 Å². The number of carbonyl (C=O) groups excluding carboxylic acids is 2. The molecule has 1 aliphatic rings. The molecule has 0 aromatic rings. The molecule has 0 saturated carbocycles. The van der Waals surface area contributed by atoms with E-state index in [1.165, 1.54) is 4.90 Å². The Morgan fingerprint density at radius 3 is 2.30 bits per heavy atom. The van der Waals surface area contributed by atoms with Crippen molar-refractivity contribution in [1.29, 1.82) is 0 Å². The number of nitrogens with two attached hydrogens (primary N) is 1. The first-order chi connectivity index (χ1) is 9.46. The number of likely N-dealkylation sites (N-methyl/N-ethyl adjacent to an activating group) is 1. The normalized spacial score (nSPS) is 17.6. The van der Waals surface area contributed by atoms with Crippen LogP contribution in [-0.4, -0.2) is 68.6 Å². The van der Waals surface area contributed by atoms with Crippen LogP contribution in [0.3, 0.4) is 0 Å². The molecule has 0 aliphatic carbocycles. The van der Waals surface area contributed by atoms with E-state index >= 15 is 0 Å². The van der Waals surface area contributed by atoms with Gasteiger partial charge < -0.3 is 20.3 Å². The van der Waals surface area contributed by atoms with Gasteiger partial charge in [0, 0.05) is 40.4 Å². The van der Waals surface area contributed by atoms with Crippen molar-refractivity contribution in [3.8, 4) is 0 Å². The van der Waals surface area contributed by atoms with Crippen LogP contribution in [-0.2, 0) is 14.3 Å². The average Bonchev–Trinajstić information content (AvgIpc) is 2.46. The van der Waals surface area contributed by atoms with E-state index in [4.69, 9.17) is 10.5 Å². The second-order valence-corrected chi connectivity index (χ2v) is 5.61. The highest BCUT2D eigenvalue weighted by atomic mass is 16.5. The van der Waals surface area contributed by atoms with Crippen LogP contribution < -0.4 is 5.73 Å². The quantitative estimate of drug-likeness (QED) is 0.749. The molecule has 0 spiro atoms. The smallest absolute Gasteiger partial charge is 0.241 e. The summed E-state index contributed by atoms with van der Waals surface area (Å²) in [5.41, 5.74) is 5.31. The summed E-state index contributed by atoms with van der Waals surface area (Å²) in [6.45, 7) is 4.14. The third-order valence-electron chi connectivity index (χ3n) is 3.90. The van der Waals surface area contributed by atoms with Gasteiger partial charge in [0.1, 0.15) is 0 Å². The van der Waals surface area contributed by atoms with Gasteiger partial charge in [-0.25, -0.2) is 0 Å². The molecule has 1 fully saturated rings. The van der Waals surface area contributed by atoms with E-state index in [-0.39, 0.29) is 18.4 Å². The first kappa shape index (κ1) is 16.9. The lowest BCUT2D eigenvalue weighted by atomic mass is 9.78. The summed E-state index contributed by atoms with van der Waals surface area (Å²) in [6.07, 6.45) is 2.10. The zero-order valence-electron chi connectivity index (χ0n) is 12.9. The first-order valence-corrected chi connectivity index (χ1v) is 7.24. The molecule has 6 nitrogen and oxygen atoms in total. The number of carbonyl (C=O) groups is 2. The van der Waals surface area contributed by atoms with Crippen LogP contribution >= 0.6 is 0 Å². The van der Waals surface area contributed by atoms with Crippen molar-refractivity contribution in [2.75, 3.05) is 46.9 Å². The molecular formula is C14H27N3O3. The van der Waals surface area contributed by atoms with Gasteiger partial charge in [-0.05, 0) is 19.3 Å². The number of ether oxygens (including phenoxy) is 1. The Bertz CT molecular complexity index is 339. The number of amides is 2. The highest BCUT2D eigenvalue weighted by molar-refractivity contribution is 5.88. The molecule has 1 heterocycles. The molecule has 116 valence electrons. The average molecular weight is 285 g/mol. The molecular weight excluding hydrogens is 258 g/mol. The van der Waals surface area contributed by atoms with Gasteiger partial charge in [0.05, 0.1) is 12.0 Å². The molecule has 6 heteroatoms. The minimum Gasteiger partial charge on any atom is -0.381 e. The third kappa shape index (κ3) is 3.93. The maximum atomic E-state index is 12.8. The highest BCUT2D eigenvalue weighted by Gasteiger charge is 2.41. The van der Waals surface area contributed by atoms with Gasteiger partial charge >= 0.3 is 0 Å². The zero-order chi connectivity index (χ0) is 15.2. The second-order valence-electron chi connectivity index (χ2n) is 5.61. The number of hydrogen-bond acceptors (Lipinski definition) is 4. The minimum atomic E-state index is -0.556. The van der Waals surface area contributed by atoms with E-state index in [9.17, 15) is 9.59 Å². The lowest BCUT2D eigenvalue weighted by molar-refractivity contribution is -0.150. The van der Waals surface area contributed by atoms with Crippen LogP contribution in [0.15, 0.2) is 0 Å². The fourth-order valence-electron chi connectivity index (χ4n) is 2.43. The predicted molar refractivity (Wildman–Crippen MR) is 77.1 cm³/mol. The molecule has 1 rings (SSSR count). The lowest BCUT2D eigenvalue weighted by Gasteiger charge is -2.38. The molecule has 0 bridgehead atoms. The van der Waals surface area contributed by atoms with Gasteiger partial charge in [-0.2, -0.15) is 0 Å². The van der Waals surface area contributed by atoms with Crippen LogP contribution in [0.1, 0.15) is 26.2 Å². The Kier molecular flexibility index (Phi) is 6.42. The van der Waals surface area contributed by atoms with Crippen molar-refractivity contribution in [2.45, 2.75) is 26.2 Å². The van der Waals surface area contributed by atoms with Gasteiger partial charge in [0.25, 0.3) is 0 Å². The third-order valence-corrected chi connectivity index (χ3v) is 3.90. The second kappa shape index (κ2) is 7.59. The molecule has 20 heavy (non-hydrogen) atoms. The fraction of sp³-hybridized carbons (Fsp3) is 0.857. The topological polar surface area (TPSA) is 75.9 Å². The van der Waals surface area contributed by atoms with Gasteiger partial charge in [0.2, 0.25) is 11.8 Å². The van der Waals surface area contributed by atoms with Crippen molar-refractivity contribution in [3.63, 3.8) is 0 Å². The molecule has 1 aliphatic heterocycles. The van der Waals surface area contributed by atoms with Crippen molar-refractivity contribution < 1.29 is 14.3 Å². The minimum absolute atomic E-state index is 0.000324. The van der Waals surface area contributed by atoms with Crippen LogP contribution in [0.2, 0.25) is 0 Å². The number of rotatable bonds is 6. The standard InChI is InChI=1S/C14H27N3O3/c1-4-7-17(10-12(18)16(2)3)13(19)14(11-15)5-8-20-9-6-14/h4-11,15H2,1-3H3. The van der Waals surface area contributed by atoms with Crippen LogP contribution in [0, 0.1) is 5.41 Å². The largest absolute Gasteiger partial charge is 0.381 e. The number of nitrogens with zero attached hydrogens (tertiary/aromatic N) is 2. The fourth-order valence-corrected chi connectivity index (χ4v) is 2.43. The summed E-state index contributed by atoms with van der Waals surface area (Å²) in [4.78, 5) is 27.9. The molecule has 0 atom stereocenters. The Balaban J connectivity index is 2.83. The van der Waals surface area contributed by atoms with E-state index in [0.717, 1.165) is 6.42 Å². The summed E-state index contributed by atoms with van der Waals surface area (Å²) < 4.78 is 5.33. The zero-order valence-corrected chi connectivity index (χ0v) is 12.9. The SMILES string of the molecule is CCCN(CC(=O)N(C)C)C(=O)C1(CN)CCOCC1. The molecule has 0 unspecified atom stereocenters. The highest BCUT2D eigenvalue weighted by Crippen LogP contribution is 2.31. The number of hydrogen-bond donors (Lipinski definition) is 1.